The van der Waals surface area contributed by atoms with Crippen molar-refractivity contribution in [3.05, 3.63) is 30.1 Å². The van der Waals surface area contributed by atoms with Crippen LogP contribution in [-0.4, -0.2) is 24.2 Å². The first-order valence-corrected chi connectivity index (χ1v) is 5.17. The van der Waals surface area contributed by atoms with Crippen LogP contribution in [0.4, 0.5) is 0 Å². The molecule has 0 saturated carbocycles. The first kappa shape index (κ1) is 15.7. The lowest BCUT2D eigenvalue weighted by molar-refractivity contribution is 0.110. The molecule has 0 amide bonds. The van der Waals surface area contributed by atoms with Crippen LogP contribution in [0.3, 0.4) is 0 Å². The Labute approximate surface area is 109 Å². The maximum absolute atomic E-state index is 5.51. The van der Waals surface area contributed by atoms with E-state index in [-0.39, 0.29) is 24.8 Å². The van der Waals surface area contributed by atoms with Crippen LogP contribution in [0.2, 0.25) is 0 Å². The van der Waals surface area contributed by atoms with Gasteiger partial charge in [0.2, 0.25) is 0 Å². The van der Waals surface area contributed by atoms with Gasteiger partial charge in [0, 0.05) is 25.9 Å². The van der Waals surface area contributed by atoms with Crippen LogP contribution in [0.25, 0.3) is 0 Å². The lowest BCUT2D eigenvalue weighted by atomic mass is 10.2. The number of hydrogen-bond acceptors (Lipinski definition) is 3. The van der Waals surface area contributed by atoms with Gasteiger partial charge in [0.05, 0.1) is 11.8 Å². The lowest BCUT2D eigenvalue weighted by Gasteiger charge is -2.09. The predicted octanol–water partition coefficient (Wildman–Crippen LogP) is 2.19. The molecule has 1 aromatic heterocycles. The molecule has 1 unspecified atom stereocenters. The van der Waals surface area contributed by atoms with Gasteiger partial charge in [-0.05, 0) is 25.0 Å². The molecule has 0 aromatic carbocycles. The minimum atomic E-state index is 0. The van der Waals surface area contributed by atoms with Gasteiger partial charge < -0.3 is 10.1 Å². The molecular weight excluding hydrogens is 247 g/mol. The van der Waals surface area contributed by atoms with E-state index in [0.717, 1.165) is 25.4 Å². The first-order valence-electron chi connectivity index (χ1n) is 5.17. The monoisotopic (exact) mass is 264 g/mol. The first-order chi connectivity index (χ1) is 6.95. The summed E-state index contributed by atoms with van der Waals surface area (Å²) in [5.41, 5.74) is 1.09. The van der Waals surface area contributed by atoms with Crippen LogP contribution < -0.4 is 5.32 Å². The second-order valence-corrected chi connectivity index (χ2v) is 3.59. The third-order valence-corrected chi connectivity index (χ3v) is 2.43. The van der Waals surface area contributed by atoms with Crippen LogP contribution in [-0.2, 0) is 11.3 Å². The molecule has 0 radical (unpaired) electrons. The smallest absolute Gasteiger partial charge is 0.0700 e. The largest absolute Gasteiger partial charge is 0.377 e. The van der Waals surface area contributed by atoms with Crippen molar-refractivity contribution in [1.82, 2.24) is 10.3 Å². The summed E-state index contributed by atoms with van der Waals surface area (Å²) in [6.45, 7) is 2.70. The second-order valence-electron chi connectivity index (χ2n) is 3.59. The molecule has 1 aliphatic heterocycles. The van der Waals surface area contributed by atoms with Crippen molar-refractivity contribution in [2.75, 3.05) is 13.2 Å². The highest BCUT2D eigenvalue weighted by atomic mass is 35.5. The normalized spacial score (nSPS) is 18.6. The van der Waals surface area contributed by atoms with E-state index in [0.29, 0.717) is 6.10 Å². The standard InChI is InChI=1S/C11H16N2O.2ClH/c1-2-6-13-10(4-1)8-12-9-11-5-3-7-14-11;;/h1-2,4,6,11-12H,3,5,7-9H2;2*1H. The maximum atomic E-state index is 5.51. The molecule has 0 aliphatic carbocycles. The zero-order chi connectivity index (χ0) is 9.64. The molecule has 1 saturated heterocycles. The molecule has 1 aromatic rings. The van der Waals surface area contributed by atoms with Crippen LogP contribution in [0.5, 0.6) is 0 Å². The number of nitrogens with zero attached hydrogens (tertiary/aromatic N) is 1. The van der Waals surface area contributed by atoms with Crippen molar-refractivity contribution in [3.8, 4) is 0 Å². The van der Waals surface area contributed by atoms with Gasteiger partial charge in [0.1, 0.15) is 0 Å². The summed E-state index contributed by atoms with van der Waals surface area (Å²) >= 11 is 0. The van der Waals surface area contributed by atoms with Crippen molar-refractivity contribution < 1.29 is 4.74 Å². The topological polar surface area (TPSA) is 34.1 Å². The molecule has 0 spiro atoms. The zero-order valence-electron chi connectivity index (χ0n) is 9.09. The molecule has 5 heteroatoms. The maximum Gasteiger partial charge on any atom is 0.0700 e. The highest BCUT2D eigenvalue weighted by molar-refractivity contribution is 5.85. The van der Waals surface area contributed by atoms with Crippen molar-refractivity contribution in [2.24, 2.45) is 0 Å². The van der Waals surface area contributed by atoms with Crippen LogP contribution in [0.15, 0.2) is 24.4 Å². The SMILES string of the molecule is Cl.Cl.c1ccc(CNCC2CCCO2)nc1. The Kier molecular flexibility index (Phi) is 8.57. The van der Waals surface area contributed by atoms with E-state index in [2.05, 4.69) is 10.3 Å². The van der Waals surface area contributed by atoms with E-state index in [1.165, 1.54) is 12.8 Å². The number of aromatic nitrogens is 1. The number of rotatable bonds is 4. The van der Waals surface area contributed by atoms with Gasteiger partial charge in [-0.1, -0.05) is 6.07 Å². The fourth-order valence-electron chi connectivity index (χ4n) is 1.67. The molecular formula is C11H18Cl2N2O. The fourth-order valence-corrected chi connectivity index (χ4v) is 1.67. The van der Waals surface area contributed by atoms with Crippen molar-refractivity contribution in [1.29, 1.82) is 0 Å². The fraction of sp³-hybridized carbons (Fsp3) is 0.545. The molecule has 1 fully saturated rings. The van der Waals surface area contributed by atoms with Gasteiger partial charge >= 0.3 is 0 Å². The van der Waals surface area contributed by atoms with Crippen LogP contribution in [0, 0.1) is 0 Å². The minimum Gasteiger partial charge on any atom is -0.377 e. The van der Waals surface area contributed by atoms with Gasteiger partial charge in [-0.3, -0.25) is 4.98 Å². The van der Waals surface area contributed by atoms with E-state index in [4.69, 9.17) is 4.74 Å². The third-order valence-electron chi connectivity index (χ3n) is 2.43. The molecule has 2 heterocycles. The summed E-state index contributed by atoms with van der Waals surface area (Å²) in [5.74, 6) is 0. The van der Waals surface area contributed by atoms with Gasteiger partial charge in [0.25, 0.3) is 0 Å². The Hall–Kier alpha value is -0.350. The second kappa shape index (κ2) is 8.76. The predicted molar refractivity (Wildman–Crippen MR) is 69.4 cm³/mol. The molecule has 1 aliphatic rings. The summed E-state index contributed by atoms with van der Waals surface area (Å²) in [6.07, 6.45) is 4.63. The van der Waals surface area contributed by atoms with Gasteiger partial charge in [-0.15, -0.1) is 24.8 Å². The minimum absolute atomic E-state index is 0. The quantitative estimate of drug-likeness (QED) is 0.906. The number of ether oxygens (including phenoxy) is 1. The van der Waals surface area contributed by atoms with Gasteiger partial charge in [0.15, 0.2) is 0 Å². The molecule has 16 heavy (non-hydrogen) atoms. The van der Waals surface area contributed by atoms with Crippen molar-refractivity contribution in [2.45, 2.75) is 25.5 Å². The summed E-state index contributed by atoms with van der Waals surface area (Å²) in [4.78, 5) is 4.24. The van der Waals surface area contributed by atoms with E-state index < -0.39 is 0 Å². The average molecular weight is 265 g/mol. The Morgan fingerprint density at radius 1 is 1.38 bits per heavy atom. The Balaban J connectivity index is 0.00000112. The Morgan fingerprint density at radius 2 is 2.25 bits per heavy atom. The highest BCUT2D eigenvalue weighted by Gasteiger charge is 2.14. The molecule has 0 bridgehead atoms. The summed E-state index contributed by atoms with van der Waals surface area (Å²) in [6, 6.07) is 5.97. The van der Waals surface area contributed by atoms with Crippen LogP contribution in [0.1, 0.15) is 18.5 Å². The van der Waals surface area contributed by atoms with Crippen molar-refractivity contribution in [3.63, 3.8) is 0 Å². The number of hydrogen-bond donors (Lipinski definition) is 1. The summed E-state index contributed by atoms with van der Waals surface area (Å²) in [5, 5.41) is 3.36. The number of nitrogens with one attached hydrogen (secondary N) is 1. The molecule has 3 nitrogen and oxygen atoms in total. The Morgan fingerprint density at radius 3 is 2.88 bits per heavy atom. The van der Waals surface area contributed by atoms with E-state index in [1.54, 1.807) is 0 Å². The van der Waals surface area contributed by atoms with E-state index in [9.17, 15) is 0 Å². The van der Waals surface area contributed by atoms with Gasteiger partial charge in [-0.2, -0.15) is 0 Å². The van der Waals surface area contributed by atoms with E-state index >= 15 is 0 Å². The average Bonchev–Trinajstić information content (AvgIpc) is 2.72. The lowest BCUT2D eigenvalue weighted by Crippen LogP contribution is -2.26. The molecule has 1 N–H and O–H groups in total. The third kappa shape index (κ3) is 5.12. The van der Waals surface area contributed by atoms with Crippen molar-refractivity contribution >= 4 is 24.8 Å². The highest BCUT2D eigenvalue weighted by Crippen LogP contribution is 2.10. The Bertz CT molecular complexity index is 266. The number of halogens is 2. The summed E-state index contributed by atoms with van der Waals surface area (Å²) in [7, 11) is 0. The molecule has 1 atom stereocenters. The van der Waals surface area contributed by atoms with Gasteiger partial charge in [-0.25, -0.2) is 0 Å². The zero-order valence-corrected chi connectivity index (χ0v) is 10.7. The van der Waals surface area contributed by atoms with E-state index in [1.807, 2.05) is 24.4 Å². The number of pyridine rings is 1. The molecule has 2 rings (SSSR count). The molecule has 92 valence electrons. The summed E-state index contributed by atoms with van der Waals surface area (Å²) < 4.78 is 5.51. The van der Waals surface area contributed by atoms with Crippen LogP contribution >= 0.6 is 24.8 Å².